The molecule has 1 aromatic carbocycles. The second kappa shape index (κ2) is 11.6. The molecule has 5 aliphatic rings. The van der Waals surface area contributed by atoms with Crippen LogP contribution in [0.5, 0.6) is 0 Å². The van der Waals surface area contributed by atoms with Crippen LogP contribution in [0.15, 0.2) is 47.9 Å². The van der Waals surface area contributed by atoms with Crippen molar-refractivity contribution < 1.29 is 23.7 Å². The lowest BCUT2D eigenvalue weighted by molar-refractivity contribution is -0.199. The fraction of sp³-hybridized carbons (Fsp3) is 0.606. The quantitative estimate of drug-likeness (QED) is 0.394. The normalized spacial score (nSPS) is 30.6. The van der Waals surface area contributed by atoms with Crippen molar-refractivity contribution in [1.29, 1.82) is 0 Å². The molecular formula is C33H44BN5O5. The van der Waals surface area contributed by atoms with E-state index in [1.165, 1.54) is 12.6 Å². The summed E-state index contributed by atoms with van der Waals surface area (Å²) in [5.41, 5.74) is 1.04. The fourth-order valence-electron chi connectivity index (χ4n) is 7.76. The average molecular weight is 602 g/mol. The number of nitrogens with one attached hydrogen (secondary N) is 2. The summed E-state index contributed by atoms with van der Waals surface area (Å²) in [5, 5.41) is 10.4. The Morgan fingerprint density at radius 1 is 1.09 bits per heavy atom. The van der Waals surface area contributed by atoms with Crippen molar-refractivity contribution in [3.8, 4) is 0 Å². The maximum atomic E-state index is 14.3. The highest BCUT2D eigenvalue weighted by Crippen LogP contribution is 2.65. The molecule has 0 radical (unpaired) electrons. The van der Waals surface area contributed by atoms with Gasteiger partial charge in [0.1, 0.15) is 5.69 Å². The van der Waals surface area contributed by atoms with Crippen LogP contribution in [-0.4, -0.2) is 64.4 Å². The number of carbonyl (C=O) groups excluding carboxylic acids is 2. The van der Waals surface area contributed by atoms with E-state index < -0.39 is 12.7 Å². The summed E-state index contributed by atoms with van der Waals surface area (Å²) < 4.78 is 13.4. The molecule has 11 heteroatoms. The number of amides is 2. The first-order chi connectivity index (χ1) is 20.9. The largest absolute Gasteiger partial charge is 0.481 e. The Morgan fingerprint density at radius 2 is 1.86 bits per heavy atom. The molecule has 2 aliphatic heterocycles. The van der Waals surface area contributed by atoms with Gasteiger partial charge in [0.05, 0.1) is 41.8 Å². The van der Waals surface area contributed by atoms with Gasteiger partial charge in [-0.25, -0.2) is 4.98 Å². The number of rotatable bonds is 10. The van der Waals surface area contributed by atoms with Crippen molar-refractivity contribution >= 4 is 24.6 Å². The summed E-state index contributed by atoms with van der Waals surface area (Å²) in [5.74, 6) is 0.381. The molecule has 0 spiro atoms. The summed E-state index contributed by atoms with van der Waals surface area (Å²) in [6, 6.07) is 9.77. The maximum absolute atomic E-state index is 14.3. The summed E-state index contributed by atoms with van der Waals surface area (Å²) in [6.07, 6.45) is 6.40. The van der Waals surface area contributed by atoms with Gasteiger partial charge in [-0.15, -0.1) is 0 Å². The molecule has 3 aliphatic carbocycles. The molecular weight excluding hydrogens is 557 g/mol. The zero-order valence-electron chi connectivity index (χ0n) is 26.6. The van der Waals surface area contributed by atoms with Gasteiger partial charge in [-0.2, -0.15) is 0 Å². The van der Waals surface area contributed by atoms with E-state index in [9.17, 15) is 9.59 Å². The number of aromatic nitrogens is 2. The SMILES string of the molecule is Cc1cnc(C(=O)NCC2=NOC(Cc3ccccc3)(C(=O)N[C@@H](CC(C)C)B3O[C@@H]4C[C@@H]5C[C@@H](C5(C)C)[C@]4(C)O3)C2)cn1. The zero-order valence-corrected chi connectivity index (χ0v) is 26.6. The topological polar surface area (TPSA) is 124 Å². The first kappa shape index (κ1) is 30.7. The zero-order chi connectivity index (χ0) is 31.3. The molecule has 1 aromatic heterocycles. The van der Waals surface area contributed by atoms with Crippen LogP contribution in [0.25, 0.3) is 0 Å². The number of hydrogen-bond acceptors (Lipinski definition) is 8. The van der Waals surface area contributed by atoms with Gasteiger partial charge < -0.3 is 24.8 Å². The van der Waals surface area contributed by atoms with Crippen LogP contribution in [0.2, 0.25) is 0 Å². The Morgan fingerprint density at radius 3 is 2.55 bits per heavy atom. The highest BCUT2D eigenvalue weighted by molar-refractivity contribution is 6.48. The molecule has 3 heterocycles. The average Bonchev–Trinajstić information content (AvgIpc) is 3.57. The second-order valence-electron chi connectivity index (χ2n) is 14.4. The molecule has 1 saturated heterocycles. The standard InChI is InChI=1S/C33H44BN5O5/c1-20(2)12-28(34-42-27-14-23-13-26(31(23,4)5)32(27,6)43-34)38-30(41)33(15-22-10-8-7-9-11-22)16-24(39-44-33)18-37-29(40)25-19-35-21(3)17-36-25/h7-11,17,19-20,23,26-28H,12-16,18H2,1-6H3,(H,37,40)(H,38,41)/t23-,26-,27+,28-,32-,33?/m0/s1. The second-order valence-corrected chi connectivity index (χ2v) is 14.4. The third kappa shape index (κ3) is 5.64. The highest BCUT2D eigenvalue weighted by atomic mass is 16.7. The molecule has 2 aromatic rings. The van der Waals surface area contributed by atoms with Gasteiger partial charge in [0.15, 0.2) is 0 Å². The van der Waals surface area contributed by atoms with Gasteiger partial charge in [0, 0.05) is 19.0 Å². The lowest BCUT2D eigenvalue weighted by Gasteiger charge is -2.64. The highest BCUT2D eigenvalue weighted by Gasteiger charge is 2.68. The van der Waals surface area contributed by atoms with Crippen molar-refractivity contribution in [2.45, 2.75) is 96.9 Å². The van der Waals surface area contributed by atoms with Crippen LogP contribution in [0, 0.1) is 30.1 Å². The van der Waals surface area contributed by atoms with Crippen molar-refractivity contribution in [2.24, 2.45) is 28.3 Å². The fourth-order valence-corrected chi connectivity index (χ4v) is 7.76. The van der Waals surface area contributed by atoms with Crippen LogP contribution in [0.4, 0.5) is 0 Å². The smallest absolute Gasteiger partial charge is 0.404 e. The van der Waals surface area contributed by atoms with Crippen molar-refractivity contribution in [2.75, 3.05) is 6.54 Å². The lowest BCUT2D eigenvalue weighted by Crippen LogP contribution is -2.65. The van der Waals surface area contributed by atoms with E-state index in [1.807, 2.05) is 37.3 Å². The molecule has 10 nitrogen and oxygen atoms in total. The molecule has 4 fully saturated rings. The van der Waals surface area contributed by atoms with Gasteiger partial charge >= 0.3 is 7.12 Å². The van der Waals surface area contributed by atoms with Gasteiger partial charge in [0.2, 0.25) is 5.60 Å². The van der Waals surface area contributed by atoms with E-state index in [0.29, 0.717) is 36.3 Å². The summed E-state index contributed by atoms with van der Waals surface area (Å²) >= 11 is 0. The van der Waals surface area contributed by atoms with E-state index in [1.54, 1.807) is 6.20 Å². The van der Waals surface area contributed by atoms with Gasteiger partial charge in [-0.1, -0.05) is 63.2 Å². The monoisotopic (exact) mass is 601 g/mol. The molecule has 1 unspecified atom stereocenters. The Kier molecular flexibility index (Phi) is 8.07. The van der Waals surface area contributed by atoms with Crippen LogP contribution in [-0.2, 0) is 25.4 Å². The summed E-state index contributed by atoms with van der Waals surface area (Å²) in [7, 11) is -0.544. The first-order valence-electron chi connectivity index (χ1n) is 15.9. The molecule has 2 bridgehead atoms. The van der Waals surface area contributed by atoms with Gasteiger partial charge in [-0.05, 0) is 61.8 Å². The van der Waals surface area contributed by atoms with Crippen LogP contribution in [0.3, 0.4) is 0 Å². The van der Waals surface area contributed by atoms with E-state index in [0.717, 1.165) is 17.7 Å². The molecule has 6 atom stereocenters. The van der Waals surface area contributed by atoms with E-state index >= 15 is 0 Å². The summed E-state index contributed by atoms with van der Waals surface area (Å²) in [4.78, 5) is 41.3. The summed E-state index contributed by atoms with van der Waals surface area (Å²) in [6.45, 7) is 13.1. The van der Waals surface area contributed by atoms with Crippen LogP contribution in [0.1, 0.15) is 82.0 Å². The predicted octanol–water partition coefficient (Wildman–Crippen LogP) is 4.07. The molecule has 7 rings (SSSR count). The third-order valence-electron chi connectivity index (χ3n) is 10.4. The molecule has 2 amide bonds. The Balaban J connectivity index is 1.18. The minimum absolute atomic E-state index is 0.0219. The molecule has 44 heavy (non-hydrogen) atoms. The number of carbonyl (C=O) groups is 2. The first-order valence-corrected chi connectivity index (χ1v) is 15.9. The number of benzene rings is 1. The lowest BCUT2D eigenvalue weighted by atomic mass is 9.43. The van der Waals surface area contributed by atoms with Crippen LogP contribution < -0.4 is 10.6 Å². The Bertz CT molecular complexity index is 1420. The van der Waals surface area contributed by atoms with Crippen molar-refractivity contribution in [3.05, 3.63) is 59.7 Å². The number of aryl methyl sites for hydroxylation is 1. The number of hydrogen-bond donors (Lipinski definition) is 2. The van der Waals surface area contributed by atoms with E-state index in [4.69, 9.17) is 14.1 Å². The Labute approximate surface area is 260 Å². The number of nitrogens with zero attached hydrogens (tertiary/aromatic N) is 3. The minimum atomic E-state index is -1.28. The maximum Gasteiger partial charge on any atom is 0.481 e. The molecule has 2 N–H and O–H groups in total. The minimum Gasteiger partial charge on any atom is -0.404 e. The van der Waals surface area contributed by atoms with E-state index in [-0.39, 0.29) is 53.5 Å². The molecule has 3 saturated carbocycles. The predicted molar refractivity (Wildman–Crippen MR) is 167 cm³/mol. The van der Waals surface area contributed by atoms with Gasteiger partial charge in [0.25, 0.3) is 11.8 Å². The third-order valence-corrected chi connectivity index (χ3v) is 10.4. The molecule has 234 valence electrons. The van der Waals surface area contributed by atoms with Crippen molar-refractivity contribution in [3.63, 3.8) is 0 Å². The van der Waals surface area contributed by atoms with E-state index in [2.05, 4.69) is 60.4 Å². The van der Waals surface area contributed by atoms with Crippen molar-refractivity contribution in [1.82, 2.24) is 20.6 Å². The van der Waals surface area contributed by atoms with Crippen LogP contribution >= 0.6 is 0 Å². The number of oxime groups is 1. The van der Waals surface area contributed by atoms with Gasteiger partial charge in [-0.3, -0.25) is 14.6 Å². The Hall–Kier alpha value is -3.31.